The number of hydrogen-bond donors (Lipinski definition) is 1. The van der Waals surface area contributed by atoms with Crippen LogP contribution in [0.1, 0.15) is 41.1 Å². The van der Waals surface area contributed by atoms with E-state index in [1.165, 1.54) is 17.0 Å². The minimum Gasteiger partial charge on any atom is -0.494 e. The van der Waals surface area contributed by atoms with Crippen LogP contribution in [-0.4, -0.2) is 35.7 Å². The average molecular weight is 397 g/mol. The highest BCUT2D eigenvalue weighted by Gasteiger charge is 2.42. The minimum absolute atomic E-state index is 0.0427. The van der Waals surface area contributed by atoms with Gasteiger partial charge in [0.05, 0.1) is 23.6 Å². The highest BCUT2D eigenvalue weighted by atomic mass is 19.1. The summed E-state index contributed by atoms with van der Waals surface area (Å²) in [5.74, 6) is -0.409. The van der Waals surface area contributed by atoms with Crippen molar-refractivity contribution in [3.8, 4) is 5.75 Å². The summed E-state index contributed by atoms with van der Waals surface area (Å²) in [5.41, 5.74) is 0.588. The highest BCUT2D eigenvalue weighted by Crippen LogP contribution is 2.39. The Morgan fingerprint density at radius 1 is 1.21 bits per heavy atom. The molecule has 0 fully saturated rings. The lowest BCUT2D eigenvalue weighted by molar-refractivity contribution is 0.0716. The number of hydrogen-bond acceptors (Lipinski definition) is 5. The first-order chi connectivity index (χ1) is 14.0. The fraction of sp³-hybridized carbons (Fsp3) is 0.273. The Morgan fingerprint density at radius 2 is 2.03 bits per heavy atom. The van der Waals surface area contributed by atoms with Crippen LogP contribution in [-0.2, 0) is 0 Å². The Bertz CT molecular complexity index is 1140. The molecular weight excluding hydrogens is 377 g/mol. The number of carbonyl (C=O) groups is 1. The van der Waals surface area contributed by atoms with Crippen molar-refractivity contribution >= 4 is 16.9 Å². The Kier molecular flexibility index (Phi) is 5.07. The zero-order valence-corrected chi connectivity index (χ0v) is 15.9. The Hall–Kier alpha value is -3.19. The Morgan fingerprint density at radius 3 is 2.79 bits per heavy atom. The third-order valence-electron chi connectivity index (χ3n) is 4.97. The molecule has 0 spiro atoms. The molecule has 1 unspecified atom stereocenters. The molecule has 0 aliphatic carbocycles. The zero-order chi connectivity index (χ0) is 20.5. The Labute approximate surface area is 166 Å². The van der Waals surface area contributed by atoms with Crippen LogP contribution < -0.4 is 10.2 Å². The van der Waals surface area contributed by atoms with E-state index < -0.39 is 23.2 Å². The lowest BCUT2D eigenvalue weighted by Gasteiger charge is -2.25. The predicted octanol–water partition coefficient (Wildman–Crippen LogP) is 3.26. The molecule has 150 valence electrons. The minimum atomic E-state index is -0.701. The van der Waals surface area contributed by atoms with Crippen LogP contribution in [0.25, 0.3) is 11.0 Å². The van der Waals surface area contributed by atoms with Crippen molar-refractivity contribution in [3.05, 3.63) is 75.4 Å². The van der Waals surface area contributed by atoms with Gasteiger partial charge in [-0.3, -0.25) is 9.59 Å². The molecule has 2 aromatic carbocycles. The number of benzene rings is 2. The fourth-order valence-electron chi connectivity index (χ4n) is 3.75. The summed E-state index contributed by atoms with van der Waals surface area (Å²) >= 11 is 0. The summed E-state index contributed by atoms with van der Waals surface area (Å²) in [4.78, 5) is 27.8. The van der Waals surface area contributed by atoms with Crippen molar-refractivity contribution in [1.29, 1.82) is 0 Å². The van der Waals surface area contributed by atoms with Crippen LogP contribution in [0.5, 0.6) is 5.75 Å². The fourth-order valence-corrected chi connectivity index (χ4v) is 3.75. The third kappa shape index (κ3) is 3.27. The van der Waals surface area contributed by atoms with E-state index in [0.717, 1.165) is 6.07 Å². The van der Waals surface area contributed by atoms with Crippen LogP contribution in [0.15, 0.2) is 51.7 Å². The molecule has 1 aliphatic heterocycles. The SMILES string of the molecule is CCOc1cccc(C2c3c(oc4ccc(F)cc4c3=O)C(=O)N2CCCO)c1. The lowest BCUT2D eigenvalue weighted by atomic mass is 9.98. The highest BCUT2D eigenvalue weighted by molar-refractivity contribution is 5.99. The van der Waals surface area contributed by atoms with E-state index in [1.807, 2.05) is 6.92 Å². The van der Waals surface area contributed by atoms with Gasteiger partial charge >= 0.3 is 0 Å². The summed E-state index contributed by atoms with van der Waals surface area (Å²) in [5, 5.41) is 9.34. The summed E-state index contributed by atoms with van der Waals surface area (Å²) in [6, 6.07) is 10.1. The largest absolute Gasteiger partial charge is 0.494 e. The molecule has 0 saturated heterocycles. The van der Waals surface area contributed by atoms with Gasteiger partial charge in [0.15, 0.2) is 5.43 Å². The van der Waals surface area contributed by atoms with E-state index >= 15 is 0 Å². The van der Waals surface area contributed by atoms with Gasteiger partial charge in [-0.25, -0.2) is 4.39 Å². The van der Waals surface area contributed by atoms with Crippen molar-refractivity contribution in [2.24, 2.45) is 0 Å². The number of ether oxygens (including phenoxy) is 1. The molecule has 2 heterocycles. The second-order valence-electron chi connectivity index (χ2n) is 6.80. The predicted molar refractivity (Wildman–Crippen MR) is 105 cm³/mol. The van der Waals surface area contributed by atoms with Gasteiger partial charge in [0.2, 0.25) is 5.76 Å². The van der Waals surface area contributed by atoms with Crippen molar-refractivity contribution in [2.75, 3.05) is 19.8 Å². The molecule has 1 aromatic heterocycles. The zero-order valence-electron chi connectivity index (χ0n) is 15.9. The maximum absolute atomic E-state index is 13.7. The number of nitrogens with zero attached hydrogens (tertiary/aromatic N) is 1. The number of carbonyl (C=O) groups excluding carboxylic acids is 1. The molecular formula is C22H20FNO5. The summed E-state index contributed by atoms with van der Waals surface area (Å²) < 4.78 is 25.0. The van der Waals surface area contributed by atoms with Crippen molar-refractivity contribution in [1.82, 2.24) is 4.90 Å². The molecule has 3 aromatic rings. The maximum atomic E-state index is 13.7. The number of amides is 1. The van der Waals surface area contributed by atoms with Crippen LogP contribution >= 0.6 is 0 Å². The molecule has 7 heteroatoms. The first-order valence-electron chi connectivity index (χ1n) is 9.46. The van der Waals surface area contributed by atoms with E-state index in [4.69, 9.17) is 9.15 Å². The summed E-state index contributed by atoms with van der Waals surface area (Å²) in [6.45, 7) is 2.49. The average Bonchev–Trinajstić information content (AvgIpc) is 3.00. The van der Waals surface area contributed by atoms with Gasteiger partial charge in [0.1, 0.15) is 17.1 Å². The second-order valence-corrected chi connectivity index (χ2v) is 6.80. The summed E-state index contributed by atoms with van der Waals surface area (Å²) in [7, 11) is 0. The van der Waals surface area contributed by atoms with Crippen molar-refractivity contribution in [2.45, 2.75) is 19.4 Å². The van der Waals surface area contributed by atoms with Crippen LogP contribution in [0.2, 0.25) is 0 Å². The third-order valence-corrected chi connectivity index (χ3v) is 4.97. The van der Waals surface area contributed by atoms with E-state index in [0.29, 0.717) is 24.3 Å². The monoisotopic (exact) mass is 397 g/mol. The molecule has 1 atom stereocenters. The maximum Gasteiger partial charge on any atom is 0.290 e. The van der Waals surface area contributed by atoms with Gasteiger partial charge in [-0.1, -0.05) is 12.1 Å². The van der Waals surface area contributed by atoms with E-state index in [9.17, 15) is 19.1 Å². The van der Waals surface area contributed by atoms with E-state index in [1.54, 1.807) is 24.3 Å². The molecule has 4 rings (SSSR count). The van der Waals surface area contributed by atoms with Gasteiger partial charge in [-0.2, -0.15) is 0 Å². The molecule has 0 bridgehead atoms. The molecule has 1 amide bonds. The van der Waals surface area contributed by atoms with Crippen LogP contribution in [0, 0.1) is 5.82 Å². The van der Waals surface area contributed by atoms with Gasteiger partial charge < -0.3 is 19.2 Å². The number of fused-ring (bicyclic) bond motifs is 2. The Balaban J connectivity index is 1.94. The lowest BCUT2D eigenvalue weighted by Crippen LogP contribution is -2.31. The first-order valence-corrected chi connectivity index (χ1v) is 9.46. The number of aliphatic hydroxyl groups is 1. The molecule has 1 aliphatic rings. The van der Waals surface area contributed by atoms with E-state index in [2.05, 4.69) is 0 Å². The van der Waals surface area contributed by atoms with Crippen LogP contribution in [0.4, 0.5) is 4.39 Å². The van der Waals surface area contributed by atoms with Crippen molar-refractivity contribution in [3.63, 3.8) is 0 Å². The number of halogens is 1. The van der Waals surface area contributed by atoms with Gasteiger partial charge in [-0.05, 0) is 49.2 Å². The first kappa shape index (κ1) is 19.1. The summed E-state index contributed by atoms with van der Waals surface area (Å²) in [6.07, 6.45) is 0.351. The number of aliphatic hydroxyl groups excluding tert-OH is 1. The molecule has 1 N–H and O–H groups in total. The molecule has 6 nitrogen and oxygen atoms in total. The normalized spacial score (nSPS) is 15.8. The number of rotatable bonds is 6. The van der Waals surface area contributed by atoms with Crippen LogP contribution in [0.3, 0.4) is 0 Å². The molecule has 0 radical (unpaired) electrons. The van der Waals surface area contributed by atoms with E-state index in [-0.39, 0.29) is 35.4 Å². The van der Waals surface area contributed by atoms with Gasteiger partial charge in [0, 0.05) is 13.2 Å². The second kappa shape index (κ2) is 7.67. The standard InChI is InChI=1S/C22H20FNO5/c1-2-28-15-6-3-5-13(11-15)19-18-20(26)16-12-14(23)7-8-17(16)29-21(18)22(27)24(19)9-4-10-25/h3,5-8,11-12,19,25H,2,4,9-10H2,1H3. The topological polar surface area (TPSA) is 80.0 Å². The van der Waals surface area contributed by atoms with Crippen molar-refractivity contribution < 1.29 is 23.4 Å². The van der Waals surface area contributed by atoms with Gasteiger partial charge in [-0.15, -0.1) is 0 Å². The molecule has 0 saturated carbocycles. The quantitative estimate of drug-likeness (QED) is 0.691. The van der Waals surface area contributed by atoms with Gasteiger partial charge in [0.25, 0.3) is 5.91 Å². The smallest absolute Gasteiger partial charge is 0.290 e. The molecule has 29 heavy (non-hydrogen) atoms.